The molecule has 0 aliphatic carbocycles. The first-order chi connectivity index (χ1) is 11.2. The minimum atomic E-state index is -0.266. The monoisotopic (exact) mass is 324 g/mol. The third kappa shape index (κ3) is 4.47. The maximum Gasteiger partial charge on any atom is 0.313 e. The van der Waals surface area contributed by atoms with Gasteiger partial charge in [0, 0.05) is 0 Å². The summed E-state index contributed by atoms with van der Waals surface area (Å²) in [4.78, 5) is 12.7. The molecule has 0 spiro atoms. The van der Waals surface area contributed by atoms with Gasteiger partial charge in [-0.05, 0) is 48.6 Å². The molecular formula is C22H28O2. The van der Waals surface area contributed by atoms with Crippen LogP contribution in [0.4, 0.5) is 0 Å². The Morgan fingerprint density at radius 2 is 1.67 bits per heavy atom. The van der Waals surface area contributed by atoms with E-state index in [1.54, 1.807) is 0 Å². The summed E-state index contributed by atoms with van der Waals surface area (Å²) in [7, 11) is 0. The molecule has 24 heavy (non-hydrogen) atoms. The van der Waals surface area contributed by atoms with Crippen LogP contribution in [0, 0.1) is 11.3 Å². The minimum absolute atomic E-state index is 0.163. The summed E-state index contributed by atoms with van der Waals surface area (Å²) >= 11 is 0. The average Bonchev–Trinajstić information content (AvgIpc) is 2.50. The number of allylic oxidation sites excluding steroid dienone is 1. The maximum absolute atomic E-state index is 12.7. The zero-order valence-corrected chi connectivity index (χ0v) is 15.6. The smallest absolute Gasteiger partial charge is 0.313 e. The van der Waals surface area contributed by atoms with E-state index in [1.165, 1.54) is 5.39 Å². The number of rotatable bonds is 4. The minimum Gasteiger partial charge on any atom is -0.457 e. The Kier molecular flexibility index (Phi) is 5.48. The molecule has 0 heterocycles. The molecule has 0 aliphatic heterocycles. The van der Waals surface area contributed by atoms with Crippen molar-refractivity contribution in [2.75, 3.05) is 0 Å². The number of hydrogen-bond acceptors (Lipinski definition) is 2. The number of ether oxygens (including phenoxy) is 1. The highest BCUT2D eigenvalue weighted by Crippen LogP contribution is 2.31. The Bertz CT molecular complexity index is 746. The second kappa shape index (κ2) is 7.21. The summed E-state index contributed by atoms with van der Waals surface area (Å²) in [5.41, 5.74) is 1.98. The molecule has 2 unspecified atom stereocenters. The van der Waals surface area contributed by atoms with E-state index < -0.39 is 0 Å². The summed E-state index contributed by atoms with van der Waals surface area (Å²) in [6.07, 6.45) is 1.74. The van der Waals surface area contributed by atoms with Crippen molar-refractivity contribution in [3.05, 3.63) is 59.7 Å². The van der Waals surface area contributed by atoms with Gasteiger partial charge in [0.25, 0.3) is 0 Å². The topological polar surface area (TPSA) is 26.3 Å². The van der Waals surface area contributed by atoms with E-state index in [-0.39, 0.29) is 23.4 Å². The molecule has 0 saturated heterocycles. The molecule has 0 amide bonds. The van der Waals surface area contributed by atoms with Crippen LogP contribution in [-0.2, 0) is 9.53 Å². The van der Waals surface area contributed by atoms with Crippen LogP contribution in [0.25, 0.3) is 10.8 Å². The lowest BCUT2D eigenvalue weighted by atomic mass is 9.80. The molecule has 2 atom stereocenters. The van der Waals surface area contributed by atoms with Crippen molar-refractivity contribution in [3.8, 4) is 0 Å². The highest BCUT2D eigenvalue weighted by atomic mass is 16.5. The quantitative estimate of drug-likeness (QED) is 0.504. The maximum atomic E-state index is 12.7. The summed E-state index contributed by atoms with van der Waals surface area (Å²) in [5, 5.41) is 2.35. The van der Waals surface area contributed by atoms with Crippen molar-refractivity contribution in [2.24, 2.45) is 11.3 Å². The van der Waals surface area contributed by atoms with Crippen LogP contribution in [0.5, 0.6) is 0 Å². The first-order valence-corrected chi connectivity index (χ1v) is 8.52. The van der Waals surface area contributed by atoms with E-state index >= 15 is 0 Å². The number of carbonyl (C=O) groups is 1. The Morgan fingerprint density at radius 1 is 1.04 bits per heavy atom. The number of fused-ring (bicyclic) bond motifs is 1. The molecule has 0 saturated carbocycles. The summed E-state index contributed by atoms with van der Waals surface area (Å²) < 4.78 is 5.79. The fraction of sp³-hybridized carbons (Fsp3) is 0.409. The fourth-order valence-electron chi connectivity index (χ4n) is 2.78. The van der Waals surface area contributed by atoms with Gasteiger partial charge in [-0.3, -0.25) is 4.79 Å². The van der Waals surface area contributed by atoms with E-state index in [9.17, 15) is 4.79 Å². The van der Waals surface area contributed by atoms with E-state index in [2.05, 4.69) is 45.0 Å². The van der Waals surface area contributed by atoms with Crippen molar-refractivity contribution in [1.82, 2.24) is 0 Å². The number of carbonyl (C=O) groups excluding carboxylic acids is 1. The van der Waals surface area contributed by atoms with Gasteiger partial charge in [-0.2, -0.15) is 0 Å². The summed E-state index contributed by atoms with van der Waals surface area (Å²) in [6.45, 7) is 12.2. The van der Waals surface area contributed by atoms with Crippen molar-refractivity contribution < 1.29 is 9.53 Å². The molecule has 2 aromatic carbocycles. The lowest BCUT2D eigenvalue weighted by Gasteiger charge is -2.28. The predicted octanol–water partition coefficient (Wildman–Crippen LogP) is 6.07. The third-order valence-corrected chi connectivity index (χ3v) is 4.22. The molecule has 0 fully saturated rings. The molecule has 0 bridgehead atoms. The van der Waals surface area contributed by atoms with Crippen molar-refractivity contribution >= 4 is 16.7 Å². The van der Waals surface area contributed by atoms with Crippen LogP contribution >= 0.6 is 0 Å². The van der Waals surface area contributed by atoms with Crippen molar-refractivity contribution in [1.29, 1.82) is 0 Å². The Morgan fingerprint density at radius 3 is 2.25 bits per heavy atom. The van der Waals surface area contributed by atoms with E-state index in [0.717, 1.165) is 16.5 Å². The van der Waals surface area contributed by atoms with Gasteiger partial charge in [0.05, 0.1) is 5.92 Å². The van der Waals surface area contributed by atoms with E-state index in [0.29, 0.717) is 0 Å². The van der Waals surface area contributed by atoms with Crippen LogP contribution in [-0.4, -0.2) is 5.97 Å². The number of benzene rings is 2. The van der Waals surface area contributed by atoms with Gasteiger partial charge in [0.2, 0.25) is 0 Å². The van der Waals surface area contributed by atoms with E-state index in [1.807, 2.05) is 45.0 Å². The van der Waals surface area contributed by atoms with Gasteiger partial charge < -0.3 is 4.74 Å². The molecule has 0 radical (unpaired) electrons. The number of esters is 1. The van der Waals surface area contributed by atoms with Gasteiger partial charge in [0.1, 0.15) is 6.10 Å². The number of hydrogen-bond donors (Lipinski definition) is 0. The Labute approximate surface area is 145 Å². The zero-order chi connectivity index (χ0) is 17.9. The zero-order valence-electron chi connectivity index (χ0n) is 15.6. The van der Waals surface area contributed by atoms with Crippen molar-refractivity contribution in [3.63, 3.8) is 0 Å². The molecular weight excluding hydrogens is 296 g/mol. The molecule has 0 aromatic heterocycles. The van der Waals surface area contributed by atoms with Crippen LogP contribution in [0.3, 0.4) is 0 Å². The largest absolute Gasteiger partial charge is 0.457 e. The molecule has 2 heteroatoms. The van der Waals surface area contributed by atoms with Gasteiger partial charge in [-0.1, -0.05) is 68.8 Å². The first kappa shape index (κ1) is 18.3. The SMILES string of the molecule is CC(C)=CC(C(=O)OC(C)c1ccc2ccccc2c1)C(C)(C)C. The first-order valence-electron chi connectivity index (χ1n) is 8.52. The fourth-order valence-corrected chi connectivity index (χ4v) is 2.78. The van der Waals surface area contributed by atoms with Gasteiger partial charge in [0.15, 0.2) is 0 Å². The molecule has 0 aliphatic rings. The molecule has 128 valence electrons. The van der Waals surface area contributed by atoms with Gasteiger partial charge in [-0.25, -0.2) is 0 Å². The van der Waals surface area contributed by atoms with Crippen molar-refractivity contribution in [2.45, 2.75) is 47.6 Å². The highest BCUT2D eigenvalue weighted by molar-refractivity contribution is 5.83. The third-order valence-electron chi connectivity index (χ3n) is 4.22. The normalized spacial score (nSPS) is 14.1. The molecule has 2 nitrogen and oxygen atoms in total. The Hall–Kier alpha value is -2.09. The molecule has 2 aromatic rings. The lowest BCUT2D eigenvalue weighted by Crippen LogP contribution is -2.29. The lowest BCUT2D eigenvalue weighted by molar-refractivity contribution is -0.155. The van der Waals surface area contributed by atoms with Gasteiger partial charge in [-0.15, -0.1) is 0 Å². The molecule has 2 rings (SSSR count). The highest BCUT2D eigenvalue weighted by Gasteiger charge is 2.31. The van der Waals surface area contributed by atoms with Crippen LogP contribution in [0.15, 0.2) is 54.1 Å². The summed E-state index contributed by atoms with van der Waals surface area (Å²) in [5.74, 6) is -0.408. The second-order valence-electron chi connectivity index (χ2n) is 7.77. The van der Waals surface area contributed by atoms with Crippen LogP contribution < -0.4 is 0 Å². The van der Waals surface area contributed by atoms with Crippen LogP contribution in [0.2, 0.25) is 0 Å². The average molecular weight is 324 g/mol. The van der Waals surface area contributed by atoms with Crippen LogP contribution in [0.1, 0.15) is 53.2 Å². The van der Waals surface area contributed by atoms with E-state index in [4.69, 9.17) is 4.74 Å². The second-order valence-corrected chi connectivity index (χ2v) is 7.77. The summed E-state index contributed by atoms with van der Waals surface area (Å²) in [6, 6.07) is 14.4. The standard InChI is InChI=1S/C22H28O2/c1-15(2)13-20(22(4,5)6)21(23)24-16(3)18-12-11-17-9-7-8-10-19(17)14-18/h7-14,16,20H,1-6H3. The van der Waals surface area contributed by atoms with Gasteiger partial charge >= 0.3 is 5.97 Å². The Balaban J connectivity index is 2.21. The molecule has 0 N–H and O–H groups in total. The predicted molar refractivity (Wildman–Crippen MR) is 101 cm³/mol.